The molecular weight excluding hydrogens is 224 g/mol. The molecule has 0 atom stereocenters. The van der Waals surface area contributed by atoms with Gasteiger partial charge in [0.2, 0.25) is 0 Å². The van der Waals surface area contributed by atoms with Crippen LogP contribution < -0.4 is 10.5 Å². The first kappa shape index (κ1) is 12.7. The average Bonchev–Trinajstić information content (AvgIpc) is 2.37. The third kappa shape index (κ3) is 2.73. The molecule has 1 aromatic carbocycles. The van der Waals surface area contributed by atoms with E-state index in [0.29, 0.717) is 5.82 Å². The van der Waals surface area contributed by atoms with Crippen molar-refractivity contribution >= 4 is 16.7 Å². The number of hydrogen-bond donors (Lipinski definition) is 1. The Kier molecular flexibility index (Phi) is 4.03. The highest BCUT2D eigenvalue weighted by molar-refractivity contribution is 5.82. The van der Waals surface area contributed by atoms with Crippen molar-refractivity contribution in [1.29, 1.82) is 0 Å². The highest BCUT2D eigenvalue weighted by Gasteiger charge is 2.04. The molecule has 2 aromatic rings. The van der Waals surface area contributed by atoms with Gasteiger partial charge in [-0.15, -0.1) is 0 Å². The number of benzene rings is 1. The maximum Gasteiger partial charge on any atom is 0.127 e. The second-order valence-corrected chi connectivity index (χ2v) is 4.49. The highest BCUT2D eigenvalue weighted by atomic mass is 16.5. The van der Waals surface area contributed by atoms with Gasteiger partial charge in [0.1, 0.15) is 11.6 Å². The van der Waals surface area contributed by atoms with E-state index in [1.807, 2.05) is 18.2 Å². The van der Waals surface area contributed by atoms with Crippen molar-refractivity contribution in [3.8, 4) is 5.75 Å². The molecule has 0 aliphatic heterocycles. The van der Waals surface area contributed by atoms with E-state index >= 15 is 0 Å². The van der Waals surface area contributed by atoms with Gasteiger partial charge in [0.25, 0.3) is 0 Å². The Morgan fingerprint density at radius 2 is 2.00 bits per heavy atom. The van der Waals surface area contributed by atoms with Gasteiger partial charge in [-0.3, -0.25) is 0 Å². The number of pyridine rings is 1. The van der Waals surface area contributed by atoms with Crippen LogP contribution in [0, 0.1) is 0 Å². The Labute approximate surface area is 108 Å². The van der Waals surface area contributed by atoms with Crippen molar-refractivity contribution in [2.24, 2.45) is 0 Å². The van der Waals surface area contributed by atoms with E-state index in [0.717, 1.165) is 48.1 Å². The summed E-state index contributed by atoms with van der Waals surface area (Å²) in [6, 6.07) is 8.08. The molecule has 0 aliphatic carbocycles. The Hall–Kier alpha value is -1.77. The molecule has 2 N–H and O–H groups in total. The van der Waals surface area contributed by atoms with Crippen molar-refractivity contribution in [3.63, 3.8) is 0 Å². The highest BCUT2D eigenvalue weighted by Crippen LogP contribution is 2.24. The van der Waals surface area contributed by atoms with Gasteiger partial charge in [-0.05, 0) is 42.7 Å². The first-order valence-electron chi connectivity index (χ1n) is 6.56. The lowest BCUT2D eigenvalue weighted by Crippen LogP contribution is -1.99. The molecule has 96 valence electrons. The normalized spacial score (nSPS) is 10.8. The van der Waals surface area contributed by atoms with Gasteiger partial charge in [-0.25, -0.2) is 4.98 Å². The van der Waals surface area contributed by atoms with Gasteiger partial charge >= 0.3 is 0 Å². The number of rotatable bonds is 5. The van der Waals surface area contributed by atoms with Crippen LogP contribution in [0.2, 0.25) is 0 Å². The van der Waals surface area contributed by atoms with Crippen LogP contribution in [0.5, 0.6) is 5.75 Å². The summed E-state index contributed by atoms with van der Waals surface area (Å²) in [6.45, 7) is 4.99. The molecule has 0 fully saturated rings. The summed E-state index contributed by atoms with van der Waals surface area (Å²) >= 11 is 0. The largest absolute Gasteiger partial charge is 0.494 e. The number of fused-ring (bicyclic) bond motifs is 1. The monoisotopic (exact) mass is 244 g/mol. The Morgan fingerprint density at radius 1 is 1.17 bits per heavy atom. The predicted octanol–water partition coefficient (Wildman–Crippen LogP) is 3.56. The SMILES string of the molecule is CCCOc1ccc2nc(N)c(CCC)cc2c1. The van der Waals surface area contributed by atoms with E-state index in [4.69, 9.17) is 10.5 Å². The van der Waals surface area contributed by atoms with Gasteiger partial charge in [-0.2, -0.15) is 0 Å². The molecule has 0 radical (unpaired) electrons. The fourth-order valence-corrected chi connectivity index (χ4v) is 1.99. The number of anilines is 1. The van der Waals surface area contributed by atoms with Crippen LogP contribution in [0.1, 0.15) is 32.3 Å². The Morgan fingerprint density at radius 3 is 2.72 bits per heavy atom. The van der Waals surface area contributed by atoms with Crippen molar-refractivity contribution in [2.75, 3.05) is 12.3 Å². The summed E-state index contributed by atoms with van der Waals surface area (Å²) in [5.41, 5.74) is 8.00. The van der Waals surface area contributed by atoms with Crippen LogP contribution in [-0.2, 0) is 6.42 Å². The average molecular weight is 244 g/mol. The summed E-state index contributed by atoms with van der Waals surface area (Å²) in [5.74, 6) is 1.55. The van der Waals surface area contributed by atoms with Crippen molar-refractivity contribution in [1.82, 2.24) is 4.98 Å². The minimum absolute atomic E-state index is 0.645. The molecule has 18 heavy (non-hydrogen) atoms. The zero-order valence-corrected chi connectivity index (χ0v) is 11.1. The minimum atomic E-state index is 0.645. The lowest BCUT2D eigenvalue weighted by atomic mass is 10.1. The van der Waals surface area contributed by atoms with Crippen LogP contribution >= 0.6 is 0 Å². The fraction of sp³-hybridized carbons (Fsp3) is 0.400. The van der Waals surface area contributed by atoms with Crippen molar-refractivity contribution in [3.05, 3.63) is 29.8 Å². The molecule has 1 heterocycles. The molecule has 1 aromatic heterocycles. The first-order chi connectivity index (χ1) is 8.74. The molecule has 3 nitrogen and oxygen atoms in total. The Balaban J connectivity index is 2.38. The minimum Gasteiger partial charge on any atom is -0.494 e. The smallest absolute Gasteiger partial charge is 0.127 e. The number of aromatic nitrogens is 1. The first-order valence-corrected chi connectivity index (χ1v) is 6.56. The van der Waals surface area contributed by atoms with Crippen LogP contribution in [0.15, 0.2) is 24.3 Å². The summed E-state index contributed by atoms with van der Waals surface area (Å²) in [4.78, 5) is 4.44. The van der Waals surface area contributed by atoms with Crippen LogP contribution in [0.25, 0.3) is 10.9 Å². The summed E-state index contributed by atoms with van der Waals surface area (Å²) < 4.78 is 5.63. The van der Waals surface area contributed by atoms with E-state index in [1.165, 1.54) is 0 Å². The van der Waals surface area contributed by atoms with E-state index in [9.17, 15) is 0 Å². The lowest BCUT2D eigenvalue weighted by Gasteiger charge is -2.08. The maximum atomic E-state index is 5.95. The van der Waals surface area contributed by atoms with Crippen LogP contribution in [-0.4, -0.2) is 11.6 Å². The summed E-state index contributed by atoms with van der Waals surface area (Å²) in [7, 11) is 0. The summed E-state index contributed by atoms with van der Waals surface area (Å²) in [6.07, 6.45) is 3.05. The van der Waals surface area contributed by atoms with E-state index < -0.39 is 0 Å². The number of nitrogens with two attached hydrogens (primary N) is 1. The molecule has 3 heteroatoms. The zero-order valence-electron chi connectivity index (χ0n) is 11.1. The van der Waals surface area contributed by atoms with Gasteiger partial charge in [0.05, 0.1) is 12.1 Å². The van der Waals surface area contributed by atoms with Gasteiger partial charge in [0, 0.05) is 5.39 Å². The summed E-state index contributed by atoms with van der Waals surface area (Å²) in [5, 5.41) is 1.10. The fourth-order valence-electron chi connectivity index (χ4n) is 1.99. The predicted molar refractivity (Wildman–Crippen MR) is 75.9 cm³/mol. The molecule has 2 rings (SSSR count). The third-order valence-electron chi connectivity index (χ3n) is 2.89. The number of ether oxygens (including phenoxy) is 1. The van der Waals surface area contributed by atoms with Gasteiger partial charge in [-0.1, -0.05) is 20.3 Å². The molecule has 0 saturated heterocycles. The number of hydrogen-bond acceptors (Lipinski definition) is 3. The topological polar surface area (TPSA) is 48.1 Å². The van der Waals surface area contributed by atoms with Crippen molar-refractivity contribution in [2.45, 2.75) is 33.1 Å². The number of nitrogen functional groups attached to an aromatic ring is 1. The standard InChI is InChI=1S/C15H20N2O/c1-3-5-11-9-12-10-13(18-8-4-2)6-7-14(12)17-15(11)16/h6-7,9-10H,3-5,8H2,1-2H3,(H2,16,17). The van der Waals surface area contributed by atoms with Crippen molar-refractivity contribution < 1.29 is 4.74 Å². The maximum absolute atomic E-state index is 5.95. The second-order valence-electron chi connectivity index (χ2n) is 4.49. The molecule has 0 amide bonds. The lowest BCUT2D eigenvalue weighted by molar-refractivity contribution is 0.318. The van der Waals surface area contributed by atoms with Crippen LogP contribution in [0.4, 0.5) is 5.82 Å². The Bertz CT molecular complexity index is 537. The van der Waals surface area contributed by atoms with E-state index in [2.05, 4.69) is 24.9 Å². The molecule has 0 aliphatic rings. The van der Waals surface area contributed by atoms with E-state index in [1.54, 1.807) is 0 Å². The second kappa shape index (κ2) is 5.71. The molecule has 0 spiro atoms. The third-order valence-corrected chi connectivity index (χ3v) is 2.89. The quantitative estimate of drug-likeness (QED) is 0.874. The molecule has 0 unspecified atom stereocenters. The van der Waals surface area contributed by atoms with Crippen LogP contribution in [0.3, 0.4) is 0 Å². The molecule has 0 bridgehead atoms. The molecule has 0 saturated carbocycles. The molecular formula is C15H20N2O. The number of aryl methyl sites for hydroxylation is 1. The van der Waals surface area contributed by atoms with Gasteiger partial charge < -0.3 is 10.5 Å². The van der Waals surface area contributed by atoms with E-state index in [-0.39, 0.29) is 0 Å². The number of nitrogens with zero attached hydrogens (tertiary/aromatic N) is 1. The zero-order chi connectivity index (χ0) is 13.0. The van der Waals surface area contributed by atoms with Gasteiger partial charge in [0.15, 0.2) is 0 Å².